The van der Waals surface area contributed by atoms with E-state index < -0.39 is 0 Å². The number of amides is 1. The summed E-state index contributed by atoms with van der Waals surface area (Å²) in [6.45, 7) is 6.00. The Hall–Kier alpha value is -2.27. The first-order valence-corrected chi connectivity index (χ1v) is 8.77. The molecular formula is C20H26N4O. The molecular weight excluding hydrogens is 312 g/mol. The molecule has 2 heterocycles. The molecule has 2 aromatic rings. The molecule has 132 valence electrons. The van der Waals surface area contributed by atoms with Gasteiger partial charge in [-0.1, -0.05) is 30.3 Å². The number of carbonyl (C=O) groups is 1. The van der Waals surface area contributed by atoms with Gasteiger partial charge in [-0.25, -0.2) is 9.97 Å². The Kier molecular flexibility index (Phi) is 4.86. The topological polar surface area (TPSA) is 49.3 Å². The molecule has 1 saturated heterocycles. The standard InChI is InChI=1S/C20H26N4O/c1-15-13-17(18(25)23(3)4)22-19(21-15)20(2)11-8-12-24(20)14-16-9-6-5-7-10-16/h5-7,9-10,13H,8,11-12,14H2,1-4H3. The first-order chi connectivity index (χ1) is 11.9. The monoisotopic (exact) mass is 338 g/mol. The summed E-state index contributed by atoms with van der Waals surface area (Å²) in [6, 6.07) is 12.2. The van der Waals surface area contributed by atoms with Crippen LogP contribution in [0.5, 0.6) is 0 Å². The van der Waals surface area contributed by atoms with Crippen LogP contribution >= 0.6 is 0 Å². The molecule has 1 amide bonds. The van der Waals surface area contributed by atoms with Crippen LogP contribution in [-0.2, 0) is 12.1 Å². The van der Waals surface area contributed by atoms with E-state index in [2.05, 4.69) is 41.1 Å². The fourth-order valence-corrected chi connectivity index (χ4v) is 3.48. The van der Waals surface area contributed by atoms with E-state index in [1.165, 1.54) is 5.56 Å². The van der Waals surface area contributed by atoms with Gasteiger partial charge in [0.25, 0.3) is 5.91 Å². The maximum absolute atomic E-state index is 12.4. The second-order valence-electron chi connectivity index (χ2n) is 7.20. The van der Waals surface area contributed by atoms with Crippen LogP contribution in [0.2, 0.25) is 0 Å². The highest BCUT2D eigenvalue weighted by atomic mass is 16.2. The molecule has 0 N–H and O–H groups in total. The van der Waals surface area contributed by atoms with Crippen LogP contribution in [0, 0.1) is 6.92 Å². The molecule has 5 nitrogen and oxygen atoms in total. The average molecular weight is 338 g/mol. The quantitative estimate of drug-likeness (QED) is 0.860. The van der Waals surface area contributed by atoms with E-state index >= 15 is 0 Å². The van der Waals surface area contributed by atoms with Crippen LogP contribution in [-0.4, -0.2) is 46.3 Å². The molecule has 3 rings (SSSR count). The molecule has 0 saturated carbocycles. The van der Waals surface area contributed by atoms with Gasteiger partial charge in [0.2, 0.25) is 0 Å². The largest absolute Gasteiger partial charge is 0.343 e. The number of likely N-dealkylation sites (tertiary alicyclic amines) is 1. The molecule has 1 aliphatic heterocycles. The van der Waals surface area contributed by atoms with Gasteiger partial charge in [0.15, 0.2) is 0 Å². The van der Waals surface area contributed by atoms with Crippen molar-refractivity contribution >= 4 is 5.91 Å². The van der Waals surface area contributed by atoms with E-state index in [1.54, 1.807) is 25.1 Å². The van der Waals surface area contributed by atoms with Crippen molar-refractivity contribution in [1.29, 1.82) is 0 Å². The first kappa shape index (κ1) is 17.5. The third-order valence-corrected chi connectivity index (χ3v) is 4.97. The number of nitrogens with zero attached hydrogens (tertiary/aromatic N) is 4. The fraction of sp³-hybridized carbons (Fsp3) is 0.450. The van der Waals surface area contributed by atoms with Gasteiger partial charge in [0, 0.05) is 26.3 Å². The van der Waals surface area contributed by atoms with Crippen molar-refractivity contribution < 1.29 is 4.79 Å². The molecule has 1 unspecified atom stereocenters. The van der Waals surface area contributed by atoms with Crippen LogP contribution in [0.1, 0.15) is 47.3 Å². The van der Waals surface area contributed by atoms with Gasteiger partial charge in [0.05, 0.1) is 5.54 Å². The van der Waals surface area contributed by atoms with E-state index in [0.29, 0.717) is 5.69 Å². The van der Waals surface area contributed by atoms with Crippen molar-refractivity contribution in [1.82, 2.24) is 19.8 Å². The van der Waals surface area contributed by atoms with E-state index in [1.807, 2.05) is 13.0 Å². The maximum Gasteiger partial charge on any atom is 0.272 e. The van der Waals surface area contributed by atoms with Crippen LogP contribution in [0.25, 0.3) is 0 Å². The van der Waals surface area contributed by atoms with Gasteiger partial charge in [-0.15, -0.1) is 0 Å². The Balaban J connectivity index is 1.94. The second-order valence-corrected chi connectivity index (χ2v) is 7.20. The smallest absolute Gasteiger partial charge is 0.272 e. The number of hydrogen-bond donors (Lipinski definition) is 0. The minimum Gasteiger partial charge on any atom is -0.343 e. The number of hydrogen-bond acceptors (Lipinski definition) is 4. The lowest BCUT2D eigenvalue weighted by atomic mass is 9.96. The first-order valence-electron chi connectivity index (χ1n) is 8.77. The van der Waals surface area contributed by atoms with Gasteiger partial charge >= 0.3 is 0 Å². The van der Waals surface area contributed by atoms with E-state index in [9.17, 15) is 4.79 Å². The molecule has 0 spiro atoms. The maximum atomic E-state index is 12.4. The summed E-state index contributed by atoms with van der Waals surface area (Å²) in [6.07, 6.45) is 2.11. The zero-order chi connectivity index (χ0) is 18.0. The lowest BCUT2D eigenvalue weighted by Gasteiger charge is -2.34. The van der Waals surface area contributed by atoms with Gasteiger partial charge in [0.1, 0.15) is 11.5 Å². The highest BCUT2D eigenvalue weighted by Crippen LogP contribution is 2.38. The Morgan fingerprint density at radius 2 is 1.96 bits per heavy atom. The van der Waals surface area contributed by atoms with Crippen LogP contribution in [0.15, 0.2) is 36.4 Å². The summed E-state index contributed by atoms with van der Waals surface area (Å²) in [5.41, 5.74) is 2.35. The Morgan fingerprint density at radius 3 is 2.64 bits per heavy atom. The van der Waals surface area contributed by atoms with Crippen LogP contribution < -0.4 is 0 Å². The average Bonchev–Trinajstić information content (AvgIpc) is 2.96. The van der Waals surface area contributed by atoms with Gasteiger partial charge in [-0.3, -0.25) is 9.69 Å². The minimum absolute atomic E-state index is 0.0806. The number of carbonyl (C=O) groups excluding carboxylic acids is 1. The van der Waals surface area contributed by atoms with Crippen molar-refractivity contribution in [3.8, 4) is 0 Å². The highest BCUT2D eigenvalue weighted by molar-refractivity contribution is 5.92. The minimum atomic E-state index is -0.247. The van der Waals surface area contributed by atoms with E-state index in [-0.39, 0.29) is 11.4 Å². The van der Waals surface area contributed by atoms with Crippen molar-refractivity contribution in [3.05, 3.63) is 59.2 Å². The summed E-state index contributed by atoms with van der Waals surface area (Å²) in [5, 5.41) is 0. The Morgan fingerprint density at radius 1 is 1.24 bits per heavy atom. The molecule has 5 heteroatoms. The summed E-state index contributed by atoms with van der Waals surface area (Å²) >= 11 is 0. The summed E-state index contributed by atoms with van der Waals surface area (Å²) in [4.78, 5) is 25.7. The fourth-order valence-electron chi connectivity index (χ4n) is 3.48. The van der Waals surface area contributed by atoms with Gasteiger partial charge in [-0.05, 0) is 44.9 Å². The lowest BCUT2D eigenvalue weighted by Crippen LogP contribution is -2.40. The lowest BCUT2D eigenvalue weighted by molar-refractivity contribution is 0.0818. The molecule has 1 aliphatic rings. The summed E-state index contributed by atoms with van der Waals surface area (Å²) in [5.74, 6) is 0.675. The number of rotatable bonds is 4. The molecule has 0 radical (unpaired) electrons. The van der Waals surface area contributed by atoms with Crippen LogP contribution in [0.3, 0.4) is 0 Å². The SMILES string of the molecule is Cc1cc(C(=O)N(C)C)nc(C2(C)CCCN2Cc2ccccc2)n1. The van der Waals surface area contributed by atoms with Gasteiger partial charge in [-0.2, -0.15) is 0 Å². The predicted octanol–water partition coefficient (Wildman–Crippen LogP) is 3.00. The third kappa shape index (κ3) is 3.56. The molecule has 1 atom stereocenters. The van der Waals surface area contributed by atoms with Crippen molar-refractivity contribution in [2.45, 2.75) is 38.8 Å². The van der Waals surface area contributed by atoms with Crippen molar-refractivity contribution in [2.75, 3.05) is 20.6 Å². The Bertz CT molecular complexity index is 760. The zero-order valence-electron chi connectivity index (χ0n) is 15.5. The van der Waals surface area contributed by atoms with Gasteiger partial charge < -0.3 is 4.90 Å². The zero-order valence-corrected chi connectivity index (χ0v) is 15.5. The molecule has 25 heavy (non-hydrogen) atoms. The summed E-state index contributed by atoms with van der Waals surface area (Å²) < 4.78 is 0. The predicted molar refractivity (Wildman–Crippen MR) is 98.2 cm³/mol. The normalized spacial score (nSPS) is 20.6. The summed E-state index contributed by atoms with van der Waals surface area (Å²) in [7, 11) is 3.50. The molecule has 0 aliphatic carbocycles. The second kappa shape index (κ2) is 6.92. The molecule has 1 aromatic carbocycles. The van der Waals surface area contributed by atoms with Crippen molar-refractivity contribution in [3.63, 3.8) is 0 Å². The Labute approximate surface area is 149 Å². The molecule has 1 aromatic heterocycles. The number of benzene rings is 1. The molecule has 1 fully saturated rings. The van der Waals surface area contributed by atoms with Crippen molar-refractivity contribution in [2.24, 2.45) is 0 Å². The third-order valence-electron chi connectivity index (χ3n) is 4.97. The number of aromatic nitrogens is 2. The number of aryl methyl sites for hydroxylation is 1. The molecule has 0 bridgehead atoms. The van der Waals surface area contributed by atoms with E-state index in [4.69, 9.17) is 4.98 Å². The van der Waals surface area contributed by atoms with E-state index in [0.717, 1.165) is 37.4 Å². The highest BCUT2D eigenvalue weighted by Gasteiger charge is 2.41. The van der Waals surface area contributed by atoms with Crippen LogP contribution in [0.4, 0.5) is 0 Å².